The van der Waals surface area contributed by atoms with Crippen LogP contribution in [-0.2, 0) is 13.1 Å². The summed E-state index contributed by atoms with van der Waals surface area (Å²) in [5.41, 5.74) is 1.57. The summed E-state index contributed by atoms with van der Waals surface area (Å²) in [7, 11) is 0. The second-order valence-corrected chi connectivity index (χ2v) is 7.51. The van der Waals surface area contributed by atoms with E-state index in [4.69, 9.17) is 16.1 Å². The molecule has 0 N–H and O–H groups in total. The number of aromatic nitrogens is 2. The molecule has 4 rings (SSSR count). The van der Waals surface area contributed by atoms with Gasteiger partial charge in [0.15, 0.2) is 0 Å². The van der Waals surface area contributed by atoms with E-state index in [0.29, 0.717) is 18.0 Å². The quantitative estimate of drug-likeness (QED) is 0.552. The molecule has 0 radical (unpaired) electrons. The van der Waals surface area contributed by atoms with Gasteiger partial charge in [-0.2, -0.15) is 13.8 Å². The monoisotopic (exact) mass is 434 g/mol. The number of halogens is 3. The molecule has 3 aromatic rings. The number of ether oxygens (including phenoxy) is 1. The molecule has 0 aliphatic carbocycles. The lowest BCUT2D eigenvalue weighted by atomic mass is 10.2. The van der Waals surface area contributed by atoms with Gasteiger partial charge in [-0.1, -0.05) is 41.0 Å². The molecule has 1 aromatic heterocycles. The average Bonchev–Trinajstić information content (AvgIpc) is 3.18. The second-order valence-electron chi connectivity index (χ2n) is 7.07. The maximum Gasteiger partial charge on any atom is 0.387 e. The van der Waals surface area contributed by atoms with Crippen molar-refractivity contribution in [2.75, 3.05) is 26.2 Å². The number of rotatable bonds is 7. The molecule has 1 fully saturated rings. The van der Waals surface area contributed by atoms with E-state index in [2.05, 4.69) is 30.7 Å². The highest BCUT2D eigenvalue weighted by atomic mass is 35.5. The van der Waals surface area contributed by atoms with Crippen LogP contribution in [0.2, 0.25) is 5.02 Å². The number of piperazine rings is 1. The maximum absolute atomic E-state index is 12.6. The Kier molecular flexibility index (Phi) is 6.56. The van der Waals surface area contributed by atoms with Gasteiger partial charge < -0.3 is 9.26 Å². The fourth-order valence-corrected chi connectivity index (χ4v) is 3.68. The third kappa shape index (κ3) is 5.33. The van der Waals surface area contributed by atoms with Crippen molar-refractivity contribution in [1.82, 2.24) is 19.9 Å². The summed E-state index contributed by atoms with van der Waals surface area (Å²) < 4.78 is 35.1. The van der Waals surface area contributed by atoms with Crippen LogP contribution in [-0.4, -0.2) is 52.7 Å². The van der Waals surface area contributed by atoms with Crippen LogP contribution < -0.4 is 4.74 Å². The van der Waals surface area contributed by atoms with Gasteiger partial charge in [0.2, 0.25) is 11.7 Å². The van der Waals surface area contributed by atoms with Gasteiger partial charge in [0.1, 0.15) is 5.75 Å². The van der Waals surface area contributed by atoms with Crippen LogP contribution in [0.3, 0.4) is 0 Å². The number of nitrogens with zero attached hydrogens (tertiary/aromatic N) is 4. The fraction of sp³-hybridized carbons (Fsp3) is 0.333. The molecule has 6 nitrogen and oxygen atoms in total. The molecule has 30 heavy (non-hydrogen) atoms. The van der Waals surface area contributed by atoms with E-state index in [-0.39, 0.29) is 11.6 Å². The third-order valence-electron chi connectivity index (χ3n) is 4.93. The Hall–Kier alpha value is -2.55. The molecule has 1 aliphatic rings. The van der Waals surface area contributed by atoms with Crippen LogP contribution in [0.5, 0.6) is 5.75 Å². The minimum absolute atomic E-state index is 0.0227. The first-order chi connectivity index (χ1) is 14.6. The van der Waals surface area contributed by atoms with Gasteiger partial charge in [-0.05, 0) is 29.8 Å². The summed E-state index contributed by atoms with van der Waals surface area (Å²) in [5, 5.41) is 4.69. The predicted octanol–water partition coefficient (Wildman–Crippen LogP) is 4.31. The lowest BCUT2D eigenvalue weighted by Gasteiger charge is -2.33. The van der Waals surface area contributed by atoms with E-state index in [9.17, 15) is 8.78 Å². The summed E-state index contributed by atoms with van der Waals surface area (Å²) in [6, 6.07) is 14.3. The van der Waals surface area contributed by atoms with E-state index in [1.165, 1.54) is 11.6 Å². The number of para-hydroxylation sites is 1. The van der Waals surface area contributed by atoms with Crippen molar-refractivity contribution in [3.63, 3.8) is 0 Å². The highest BCUT2D eigenvalue weighted by molar-refractivity contribution is 6.30. The van der Waals surface area contributed by atoms with Crippen molar-refractivity contribution >= 4 is 11.6 Å². The topological polar surface area (TPSA) is 54.6 Å². The smallest absolute Gasteiger partial charge is 0.387 e. The molecule has 9 heteroatoms. The van der Waals surface area contributed by atoms with Crippen molar-refractivity contribution in [2.45, 2.75) is 19.7 Å². The summed E-state index contributed by atoms with van der Waals surface area (Å²) in [4.78, 5) is 8.97. The van der Waals surface area contributed by atoms with Crippen molar-refractivity contribution in [1.29, 1.82) is 0 Å². The lowest BCUT2D eigenvalue weighted by molar-refractivity contribution is -0.0494. The molecule has 2 aromatic carbocycles. The predicted molar refractivity (Wildman–Crippen MR) is 108 cm³/mol. The summed E-state index contributed by atoms with van der Waals surface area (Å²) in [5.74, 6) is 0.704. The van der Waals surface area contributed by atoms with Crippen LogP contribution in [0.4, 0.5) is 8.78 Å². The van der Waals surface area contributed by atoms with Crippen LogP contribution in [0.15, 0.2) is 53.1 Å². The number of hydrogen-bond donors (Lipinski definition) is 0. The molecule has 158 valence electrons. The third-order valence-corrected chi connectivity index (χ3v) is 5.17. The Morgan fingerprint density at radius 3 is 2.47 bits per heavy atom. The summed E-state index contributed by atoms with van der Waals surface area (Å²) in [6.45, 7) is 2.01. The van der Waals surface area contributed by atoms with E-state index >= 15 is 0 Å². The molecular weight excluding hydrogens is 414 g/mol. The Balaban J connectivity index is 1.33. The molecule has 0 saturated carbocycles. The van der Waals surface area contributed by atoms with Crippen molar-refractivity contribution in [2.24, 2.45) is 0 Å². The van der Waals surface area contributed by atoms with Crippen molar-refractivity contribution in [3.05, 3.63) is 65.0 Å². The minimum Gasteiger partial charge on any atom is -0.434 e. The highest BCUT2D eigenvalue weighted by Gasteiger charge is 2.21. The van der Waals surface area contributed by atoms with Gasteiger partial charge in [0.05, 0.1) is 12.1 Å². The van der Waals surface area contributed by atoms with Gasteiger partial charge in [-0.25, -0.2) is 0 Å². The SMILES string of the molecule is FC(F)Oc1ccccc1-c1noc(CN2CCN(Cc3cccc(Cl)c3)CC2)n1. The second kappa shape index (κ2) is 9.51. The van der Waals surface area contributed by atoms with E-state index in [1.807, 2.05) is 18.2 Å². The van der Waals surface area contributed by atoms with Gasteiger partial charge in [-0.15, -0.1) is 0 Å². The van der Waals surface area contributed by atoms with E-state index < -0.39 is 6.61 Å². The number of alkyl halides is 2. The molecule has 0 bridgehead atoms. The average molecular weight is 435 g/mol. The zero-order valence-electron chi connectivity index (χ0n) is 16.2. The molecule has 0 unspecified atom stereocenters. The molecule has 0 atom stereocenters. The molecule has 0 spiro atoms. The Morgan fingerprint density at radius 2 is 1.73 bits per heavy atom. The van der Waals surface area contributed by atoms with Gasteiger partial charge in [0.25, 0.3) is 0 Å². The molecule has 2 heterocycles. The zero-order valence-corrected chi connectivity index (χ0v) is 16.9. The lowest BCUT2D eigenvalue weighted by Crippen LogP contribution is -2.45. The van der Waals surface area contributed by atoms with Crippen LogP contribution >= 0.6 is 11.6 Å². The first kappa shape index (κ1) is 20.7. The Morgan fingerprint density at radius 1 is 1.00 bits per heavy atom. The summed E-state index contributed by atoms with van der Waals surface area (Å²) >= 11 is 6.06. The van der Waals surface area contributed by atoms with Crippen molar-refractivity contribution < 1.29 is 18.0 Å². The minimum atomic E-state index is -2.92. The highest BCUT2D eigenvalue weighted by Crippen LogP contribution is 2.29. The molecular formula is C21H21ClF2N4O2. The molecule has 0 amide bonds. The van der Waals surface area contributed by atoms with Gasteiger partial charge in [0, 0.05) is 37.7 Å². The van der Waals surface area contributed by atoms with E-state index in [1.54, 1.807) is 18.2 Å². The Bertz CT molecular complexity index is 977. The number of hydrogen-bond acceptors (Lipinski definition) is 6. The largest absolute Gasteiger partial charge is 0.434 e. The molecule has 1 saturated heterocycles. The van der Waals surface area contributed by atoms with Crippen LogP contribution in [0, 0.1) is 0 Å². The molecule has 1 aliphatic heterocycles. The number of benzene rings is 2. The first-order valence-corrected chi connectivity index (χ1v) is 10.0. The van der Waals surface area contributed by atoms with Crippen LogP contribution in [0.25, 0.3) is 11.4 Å². The maximum atomic E-state index is 12.6. The van der Waals surface area contributed by atoms with Crippen LogP contribution in [0.1, 0.15) is 11.5 Å². The Labute approximate surface area is 178 Å². The van der Waals surface area contributed by atoms with Gasteiger partial charge >= 0.3 is 6.61 Å². The van der Waals surface area contributed by atoms with E-state index in [0.717, 1.165) is 37.7 Å². The normalized spacial score (nSPS) is 15.6. The van der Waals surface area contributed by atoms with Gasteiger partial charge in [-0.3, -0.25) is 9.80 Å². The zero-order chi connectivity index (χ0) is 20.9. The first-order valence-electron chi connectivity index (χ1n) is 9.63. The fourth-order valence-electron chi connectivity index (χ4n) is 3.47. The summed E-state index contributed by atoms with van der Waals surface area (Å²) in [6.07, 6.45) is 0. The standard InChI is InChI=1S/C21H21ClF2N4O2/c22-16-5-3-4-15(12-16)13-27-8-10-28(11-9-27)14-19-25-20(26-30-19)17-6-1-2-7-18(17)29-21(23)24/h1-7,12,21H,8-11,13-14H2. The van der Waals surface area contributed by atoms with Crippen molar-refractivity contribution in [3.8, 4) is 17.1 Å².